The normalized spacial score (nSPS) is 15.1. The monoisotopic (exact) mass is 449 g/mol. The van der Waals surface area contributed by atoms with Crippen molar-refractivity contribution in [1.29, 1.82) is 0 Å². The second-order valence-corrected chi connectivity index (χ2v) is 7.74. The van der Waals surface area contributed by atoms with Gasteiger partial charge in [0.05, 0.1) is 12.7 Å². The minimum Gasteiger partial charge on any atom is -0.493 e. The van der Waals surface area contributed by atoms with Crippen molar-refractivity contribution in [3.8, 4) is 11.5 Å². The van der Waals surface area contributed by atoms with Crippen LogP contribution in [0, 0.1) is 0 Å². The molecule has 0 radical (unpaired) electrons. The lowest BCUT2D eigenvalue weighted by Crippen LogP contribution is -2.31. The predicted molar refractivity (Wildman–Crippen MR) is 123 cm³/mol. The number of amides is 1. The van der Waals surface area contributed by atoms with Gasteiger partial charge in [0.1, 0.15) is 12.6 Å². The Morgan fingerprint density at radius 3 is 2.70 bits per heavy atom. The number of primary amides is 1. The van der Waals surface area contributed by atoms with Crippen molar-refractivity contribution in [2.24, 2.45) is 5.73 Å². The number of rotatable bonds is 9. The van der Waals surface area contributed by atoms with Crippen LogP contribution in [0.5, 0.6) is 11.5 Å². The van der Waals surface area contributed by atoms with Gasteiger partial charge in [-0.2, -0.15) is 10.1 Å². The van der Waals surface area contributed by atoms with E-state index in [1.54, 1.807) is 24.8 Å². The summed E-state index contributed by atoms with van der Waals surface area (Å²) in [6, 6.07) is 14.7. The van der Waals surface area contributed by atoms with Crippen LogP contribution in [0.15, 0.2) is 59.8 Å². The highest BCUT2D eigenvalue weighted by molar-refractivity contribution is 5.95. The van der Waals surface area contributed by atoms with E-state index in [1.165, 1.54) is 0 Å². The van der Waals surface area contributed by atoms with Gasteiger partial charge in [0, 0.05) is 18.7 Å². The van der Waals surface area contributed by atoms with Crippen molar-refractivity contribution in [3.05, 3.63) is 76.8 Å². The first kappa shape index (κ1) is 22.3. The molecule has 2 aromatic carbocycles. The van der Waals surface area contributed by atoms with E-state index in [9.17, 15) is 4.79 Å². The summed E-state index contributed by atoms with van der Waals surface area (Å²) in [4.78, 5) is 17.0. The van der Waals surface area contributed by atoms with Crippen LogP contribution in [0.3, 0.4) is 0 Å². The average molecular weight is 450 g/mol. The number of benzene rings is 2. The van der Waals surface area contributed by atoms with E-state index in [-0.39, 0.29) is 6.61 Å². The van der Waals surface area contributed by atoms with E-state index in [0.29, 0.717) is 54.0 Å². The summed E-state index contributed by atoms with van der Waals surface area (Å²) < 4.78 is 13.2. The maximum Gasteiger partial charge on any atom is 0.248 e. The molecule has 1 aliphatic rings. The molecular weight excluding hydrogens is 422 g/mol. The van der Waals surface area contributed by atoms with Gasteiger partial charge < -0.3 is 25.6 Å². The third kappa shape index (κ3) is 4.68. The summed E-state index contributed by atoms with van der Waals surface area (Å²) in [7, 11) is 1.58. The molecular formula is C24H27N5O4. The molecule has 0 bridgehead atoms. The topological polar surface area (TPSA) is 125 Å². The Morgan fingerprint density at radius 1 is 1.21 bits per heavy atom. The first-order chi connectivity index (χ1) is 16.0. The molecule has 4 rings (SSSR count). The molecule has 9 nitrogen and oxygen atoms in total. The fraction of sp³-hybridized carbons (Fsp3) is 0.292. The van der Waals surface area contributed by atoms with Gasteiger partial charge in [0.15, 0.2) is 17.3 Å². The summed E-state index contributed by atoms with van der Waals surface area (Å²) in [5, 5.41) is 16.9. The van der Waals surface area contributed by atoms with Gasteiger partial charge in [0.2, 0.25) is 11.9 Å². The fourth-order valence-electron chi connectivity index (χ4n) is 3.88. The number of carbonyl (C=O) groups excluding carboxylic acids is 1. The number of fused-ring (bicyclic) bond motifs is 1. The van der Waals surface area contributed by atoms with E-state index >= 15 is 0 Å². The van der Waals surface area contributed by atoms with Crippen LogP contribution in [-0.4, -0.2) is 39.5 Å². The second kappa shape index (κ2) is 9.74. The Balaban J connectivity index is 1.74. The van der Waals surface area contributed by atoms with Crippen molar-refractivity contribution in [2.75, 3.05) is 19.0 Å². The number of methoxy groups -OCH3 is 1. The van der Waals surface area contributed by atoms with Gasteiger partial charge in [-0.05, 0) is 36.6 Å². The lowest BCUT2D eigenvalue weighted by atomic mass is 9.95. The summed E-state index contributed by atoms with van der Waals surface area (Å²) in [6.07, 6.45) is 1.06. The Bertz CT molecular complexity index is 1170. The zero-order valence-corrected chi connectivity index (χ0v) is 18.6. The number of ether oxygens (including phenoxy) is 2. The number of nitrogens with one attached hydrogen (secondary N) is 1. The molecule has 0 unspecified atom stereocenters. The van der Waals surface area contributed by atoms with Gasteiger partial charge >= 0.3 is 0 Å². The summed E-state index contributed by atoms with van der Waals surface area (Å²) in [5.41, 5.74) is 8.55. The number of nitrogens with two attached hydrogens (primary N) is 1. The van der Waals surface area contributed by atoms with Crippen LogP contribution in [0.4, 0.5) is 5.95 Å². The minimum atomic E-state index is -0.584. The van der Waals surface area contributed by atoms with E-state index in [2.05, 4.69) is 15.4 Å². The quantitative estimate of drug-likeness (QED) is 0.458. The summed E-state index contributed by atoms with van der Waals surface area (Å²) in [6.45, 7) is 2.20. The molecule has 2 heterocycles. The number of aromatic nitrogens is 3. The number of aliphatic hydroxyl groups is 1. The highest BCUT2D eigenvalue weighted by Crippen LogP contribution is 2.38. The molecule has 0 saturated heterocycles. The molecule has 33 heavy (non-hydrogen) atoms. The SMILES string of the molecule is COc1ccc([C@H]2C(C(N)=O)=C(C)Nc3nc(CCCO)nn32)cc1OCc1ccccc1. The maximum atomic E-state index is 12.4. The first-order valence-corrected chi connectivity index (χ1v) is 10.7. The summed E-state index contributed by atoms with van der Waals surface area (Å²) in [5.74, 6) is 1.65. The molecule has 1 aromatic heterocycles. The average Bonchev–Trinajstić information content (AvgIpc) is 3.23. The number of carbonyl (C=O) groups is 1. The van der Waals surface area contributed by atoms with Crippen LogP contribution >= 0.6 is 0 Å². The highest BCUT2D eigenvalue weighted by Gasteiger charge is 2.33. The molecule has 0 spiro atoms. The Kier molecular flexibility index (Phi) is 6.60. The van der Waals surface area contributed by atoms with Gasteiger partial charge in [0.25, 0.3) is 0 Å². The van der Waals surface area contributed by atoms with E-state index < -0.39 is 11.9 Å². The smallest absolute Gasteiger partial charge is 0.248 e. The lowest BCUT2D eigenvalue weighted by molar-refractivity contribution is -0.115. The fourth-order valence-corrected chi connectivity index (χ4v) is 3.88. The number of aryl methyl sites for hydroxylation is 1. The molecule has 0 fully saturated rings. The van der Waals surface area contributed by atoms with Gasteiger partial charge in [-0.15, -0.1) is 0 Å². The zero-order chi connectivity index (χ0) is 23.4. The van der Waals surface area contributed by atoms with Gasteiger partial charge in [-0.1, -0.05) is 36.4 Å². The standard InChI is InChI=1S/C24H27N5O4/c1-15-21(23(25)31)22(29-24(26-15)27-20(28-29)9-6-12-30)17-10-11-18(32-2)19(13-17)33-14-16-7-4-3-5-8-16/h3-5,7-8,10-11,13,22,30H,6,9,12,14H2,1-2H3,(H2,25,31)(H,26,27,28)/t22-/m0/s1. The molecule has 3 aromatic rings. The lowest BCUT2D eigenvalue weighted by Gasteiger charge is -2.28. The molecule has 0 saturated carbocycles. The van der Waals surface area contributed by atoms with Crippen LogP contribution in [0.25, 0.3) is 0 Å². The van der Waals surface area contributed by atoms with Crippen molar-refractivity contribution in [2.45, 2.75) is 32.4 Å². The van der Waals surface area contributed by atoms with Crippen molar-refractivity contribution >= 4 is 11.9 Å². The molecule has 1 aliphatic heterocycles. The van der Waals surface area contributed by atoms with Crippen LogP contribution in [0.1, 0.15) is 36.3 Å². The highest BCUT2D eigenvalue weighted by atomic mass is 16.5. The number of nitrogens with zero attached hydrogens (tertiary/aromatic N) is 3. The number of allylic oxidation sites excluding steroid dienone is 1. The largest absolute Gasteiger partial charge is 0.493 e. The van der Waals surface area contributed by atoms with Gasteiger partial charge in [-0.3, -0.25) is 4.79 Å². The summed E-state index contributed by atoms with van der Waals surface area (Å²) >= 11 is 0. The molecule has 1 atom stereocenters. The van der Waals surface area contributed by atoms with E-state index in [4.69, 9.17) is 20.3 Å². The molecule has 9 heteroatoms. The van der Waals surface area contributed by atoms with Crippen LogP contribution in [0.2, 0.25) is 0 Å². The number of anilines is 1. The van der Waals surface area contributed by atoms with Gasteiger partial charge in [-0.25, -0.2) is 4.68 Å². The zero-order valence-electron chi connectivity index (χ0n) is 18.6. The predicted octanol–water partition coefficient (Wildman–Crippen LogP) is 2.56. The number of hydrogen-bond donors (Lipinski definition) is 3. The molecule has 0 aliphatic carbocycles. The second-order valence-electron chi connectivity index (χ2n) is 7.74. The van der Waals surface area contributed by atoms with Crippen molar-refractivity contribution < 1.29 is 19.4 Å². The minimum absolute atomic E-state index is 0.0468. The number of hydrogen-bond acceptors (Lipinski definition) is 7. The Morgan fingerprint density at radius 2 is 2.00 bits per heavy atom. The van der Waals surface area contributed by atoms with Crippen LogP contribution in [-0.2, 0) is 17.8 Å². The maximum absolute atomic E-state index is 12.4. The molecule has 4 N–H and O–H groups in total. The Hall–Kier alpha value is -3.85. The number of aliphatic hydroxyl groups excluding tert-OH is 1. The van der Waals surface area contributed by atoms with Crippen LogP contribution < -0.4 is 20.5 Å². The molecule has 172 valence electrons. The van der Waals surface area contributed by atoms with Crippen molar-refractivity contribution in [1.82, 2.24) is 14.8 Å². The van der Waals surface area contributed by atoms with E-state index in [0.717, 1.165) is 11.1 Å². The first-order valence-electron chi connectivity index (χ1n) is 10.7. The third-order valence-electron chi connectivity index (χ3n) is 5.46. The van der Waals surface area contributed by atoms with Crippen molar-refractivity contribution in [3.63, 3.8) is 0 Å². The van der Waals surface area contributed by atoms with E-state index in [1.807, 2.05) is 42.5 Å². The Labute approximate surface area is 191 Å². The third-order valence-corrected chi connectivity index (χ3v) is 5.46. The molecule has 1 amide bonds.